The molecule has 5 rings (SSSR count). The zero-order chi connectivity index (χ0) is 24.6. The van der Waals surface area contributed by atoms with Crippen molar-refractivity contribution in [3.63, 3.8) is 0 Å². The zero-order valence-electron chi connectivity index (χ0n) is 19.5. The minimum atomic E-state index is -1.50. The molecule has 1 aliphatic carbocycles. The van der Waals surface area contributed by atoms with Crippen LogP contribution < -0.4 is 5.32 Å². The van der Waals surface area contributed by atoms with E-state index in [-0.39, 0.29) is 51.2 Å². The number of nitrogens with one attached hydrogen (secondary N) is 1. The van der Waals surface area contributed by atoms with Crippen LogP contribution in [0.5, 0.6) is 0 Å². The van der Waals surface area contributed by atoms with E-state index >= 15 is 0 Å². The summed E-state index contributed by atoms with van der Waals surface area (Å²) in [6, 6.07) is 16.1. The maximum Gasteiger partial charge on any atom is 0.408 e. The van der Waals surface area contributed by atoms with Gasteiger partial charge in [-0.25, -0.2) is 9.59 Å². The quantitative estimate of drug-likeness (QED) is 0.675. The lowest BCUT2D eigenvalue weighted by atomic mass is 9.94. The van der Waals surface area contributed by atoms with Crippen LogP contribution in [0.25, 0.3) is 11.1 Å². The predicted octanol–water partition coefficient (Wildman–Crippen LogP) is 2.39. The molecule has 184 valence electrons. The number of carbonyl (C=O) groups excluding carboxylic acids is 2. The van der Waals surface area contributed by atoms with Gasteiger partial charge in [0.2, 0.25) is 0 Å². The normalized spacial score (nSPS) is 25.6. The number of amides is 2. The van der Waals surface area contributed by atoms with Gasteiger partial charge in [0, 0.05) is 25.5 Å². The second-order valence-corrected chi connectivity index (χ2v) is 9.45. The van der Waals surface area contributed by atoms with E-state index in [1.165, 1.54) is 11.8 Å². The Labute approximate surface area is 203 Å². The molecule has 2 aromatic carbocycles. The van der Waals surface area contributed by atoms with E-state index < -0.39 is 23.2 Å². The number of benzene rings is 2. The highest BCUT2D eigenvalue weighted by Crippen LogP contribution is 2.44. The van der Waals surface area contributed by atoms with Gasteiger partial charge in [-0.05, 0) is 29.2 Å². The average Bonchev–Trinajstić information content (AvgIpc) is 3.46. The number of nitrogens with zero attached hydrogens (tertiary/aromatic N) is 1. The number of fused-ring (bicyclic) bond motifs is 3. The fraction of sp³-hybridized carbons (Fsp3) is 0.423. The van der Waals surface area contributed by atoms with Crippen LogP contribution in [0.15, 0.2) is 48.5 Å². The third-order valence-corrected chi connectivity index (χ3v) is 7.13. The lowest BCUT2D eigenvalue weighted by Crippen LogP contribution is -2.65. The molecule has 2 unspecified atom stereocenters. The minimum absolute atomic E-state index is 0.00281. The Bertz CT molecular complexity index is 1110. The van der Waals surface area contributed by atoms with Crippen LogP contribution in [0.4, 0.5) is 4.79 Å². The summed E-state index contributed by atoms with van der Waals surface area (Å²) in [5, 5.41) is 12.3. The van der Waals surface area contributed by atoms with E-state index in [0.717, 1.165) is 22.3 Å². The van der Waals surface area contributed by atoms with Gasteiger partial charge in [0.25, 0.3) is 5.91 Å². The van der Waals surface area contributed by atoms with E-state index in [1.54, 1.807) is 0 Å². The SMILES string of the molecule is CC1(C(=O)O)CN(C(=O)C2(NC(=O)OCC3c4ccccc4-c4ccccc43)CCOC2)CCO1. The maximum atomic E-state index is 13.5. The number of hydrogen-bond donors (Lipinski definition) is 2. The number of ether oxygens (including phenoxy) is 3. The molecule has 3 aliphatic rings. The van der Waals surface area contributed by atoms with Gasteiger partial charge < -0.3 is 29.5 Å². The lowest BCUT2D eigenvalue weighted by molar-refractivity contribution is -0.178. The topological polar surface area (TPSA) is 114 Å². The molecule has 2 aliphatic heterocycles. The number of carbonyl (C=O) groups is 3. The van der Waals surface area contributed by atoms with Crippen molar-refractivity contribution in [1.82, 2.24) is 10.2 Å². The van der Waals surface area contributed by atoms with Crippen LogP contribution in [0.1, 0.15) is 30.4 Å². The third kappa shape index (κ3) is 4.15. The highest BCUT2D eigenvalue weighted by Gasteiger charge is 2.50. The Morgan fingerprint density at radius 3 is 2.34 bits per heavy atom. The second-order valence-electron chi connectivity index (χ2n) is 9.45. The number of rotatable bonds is 5. The van der Waals surface area contributed by atoms with Crippen LogP contribution in [0.3, 0.4) is 0 Å². The van der Waals surface area contributed by atoms with Crippen molar-refractivity contribution in [1.29, 1.82) is 0 Å². The standard InChI is InChI=1S/C26H28N2O7/c1-25(23(30)31)15-28(11-13-35-25)22(29)26(10-12-33-16-26)27-24(32)34-14-21-19-8-4-2-6-17(19)18-7-3-5-9-20(18)21/h2-9,21H,10-16H2,1H3,(H,27,32)(H,30,31). The van der Waals surface area contributed by atoms with Crippen molar-refractivity contribution in [2.24, 2.45) is 0 Å². The first-order valence-corrected chi connectivity index (χ1v) is 11.7. The molecule has 2 fully saturated rings. The van der Waals surface area contributed by atoms with Crippen molar-refractivity contribution in [3.8, 4) is 11.1 Å². The van der Waals surface area contributed by atoms with E-state index in [0.29, 0.717) is 6.61 Å². The molecule has 0 spiro atoms. The molecule has 0 bridgehead atoms. The molecule has 0 aromatic heterocycles. The molecule has 0 radical (unpaired) electrons. The highest BCUT2D eigenvalue weighted by atomic mass is 16.6. The molecule has 9 nitrogen and oxygen atoms in total. The molecule has 9 heteroatoms. The van der Waals surface area contributed by atoms with Crippen LogP contribution in [-0.2, 0) is 23.8 Å². The van der Waals surface area contributed by atoms with Gasteiger partial charge >= 0.3 is 12.1 Å². The first-order chi connectivity index (χ1) is 16.8. The smallest absolute Gasteiger partial charge is 0.408 e. The van der Waals surface area contributed by atoms with Gasteiger partial charge in [-0.1, -0.05) is 48.5 Å². The highest BCUT2D eigenvalue weighted by molar-refractivity contribution is 5.91. The van der Waals surface area contributed by atoms with Crippen molar-refractivity contribution in [2.75, 3.05) is 39.5 Å². The predicted molar refractivity (Wildman–Crippen MR) is 125 cm³/mol. The third-order valence-electron chi connectivity index (χ3n) is 7.13. The van der Waals surface area contributed by atoms with Gasteiger partial charge in [-0.15, -0.1) is 0 Å². The Kier molecular flexibility index (Phi) is 5.98. The van der Waals surface area contributed by atoms with E-state index in [1.807, 2.05) is 36.4 Å². The lowest BCUT2D eigenvalue weighted by Gasteiger charge is -2.41. The summed E-state index contributed by atoms with van der Waals surface area (Å²) in [6.45, 7) is 2.07. The fourth-order valence-electron chi connectivity index (χ4n) is 5.19. The first-order valence-electron chi connectivity index (χ1n) is 11.7. The van der Waals surface area contributed by atoms with Gasteiger partial charge in [0.1, 0.15) is 12.1 Å². The number of carboxylic acids is 1. The van der Waals surface area contributed by atoms with E-state index in [2.05, 4.69) is 17.4 Å². The van der Waals surface area contributed by atoms with Crippen molar-refractivity contribution in [3.05, 3.63) is 59.7 Å². The van der Waals surface area contributed by atoms with Crippen molar-refractivity contribution >= 4 is 18.0 Å². The molecule has 2 heterocycles. The summed E-state index contributed by atoms with van der Waals surface area (Å²) in [4.78, 5) is 39.5. The molecule has 2 saturated heterocycles. The van der Waals surface area contributed by atoms with Gasteiger partial charge in [0.05, 0.1) is 19.8 Å². The van der Waals surface area contributed by atoms with Gasteiger partial charge in [-0.2, -0.15) is 0 Å². The molecule has 0 saturated carbocycles. The molecular weight excluding hydrogens is 452 g/mol. The van der Waals surface area contributed by atoms with E-state index in [9.17, 15) is 19.5 Å². The van der Waals surface area contributed by atoms with Crippen LogP contribution >= 0.6 is 0 Å². The Morgan fingerprint density at radius 2 is 1.74 bits per heavy atom. The van der Waals surface area contributed by atoms with Crippen molar-refractivity contribution < 1.29 is 33.7 Å². The maximum absolute atomic E-state index is 13.5. The number of aliphatic carboxylic acids is 1. The Hall–Kier alpha value is -3.43. The van der Waals surface area contributed by atoms with Crippen LogP contribution in [0, 0.1) is 0 Å². The summed E-state index contributed by atoms with van der Waals surface area (Å²) in [5.74, 6) is -1.63. The summed E-state index contributed by atoms with van der Waals surface area (Å²) in [5.41, 5.74) is 1.64. The van der Waals surface area contributed by atoms with Crippen LogP contribution in [0.2, 0.25) is 0 Å². The number of carboxylic acid groups (broad SMARTS) is 1. The van der Waals surface area contributed by atoms with Crippen molar-refractivity contribution in [2.45, 2.75) is 30.4 Å². The largest absolute Gasteiger partial charge is 0.479 e. The average molecular weight is 481 g/mol. The number of hydrogen-bond acceptors (Lipinski definition) is 6. The summed E-state index contributed by atoms with van der Waals surface area (Å²) >= 11 is 0. The van der Waals surface area contributed by atoms with E-state index in [4.69, 9.17) is 14.2 Å². The summed E-state index contributed by atoms with van der Waals surface area (Å²) < 4.78 is 16.5. The number of morpholine rings is 1. The summed E-state index contributed by atoms with van der Waals surface area (Å²) in [7, 11) is 0. The van der Waals surface area contributed by atoms with Gasteiger partial charge in [-0.3, -0.25) is 4.79 Å². The summed E-state index contributed by atoms with van der Waals surface area (Å²) in [6.07, 6.45) is -0.433. The first kappa shape index (κ1) is 23.3. The Morgan fingerprint density at radius 1 is 1.09 bits per heavy atom. The molecule has 2 aromatic rings. The molecule has 35 heavy (non-hydrogen) atoms. The molecule has 2 atom stereocenters. The van der Waals surface area contributed by atoms with Gasteiger partial charge in [0.15, 0.2) is 5.60 Å². The molecule has 2 amide bonds. The molecular formula is C26H28N2O7. The monoisotopic (exact) mass is 480 g/mol. The van der Waals surface area contributed by atoms with Crippen LogP contribution in [-0.4, -0.2) is 78.6 Å². The Balaban J connectivity index is 1.29. The number of alkyl carbamates (subject to hydrolysis) is 1. The second kappa shape index (κ2) is 8.98. The zero-order valence-corrected chi connectivity index (χ0v) is 19.5. The fourth-order valence-corrected chi connectivity index (χ4v) is 5.19. The molecule has 2 N–H and O–H groups in total. The minimum Gasteiger partial charge on any atom is -0.479 e.